The molecule has 1 aliphatic rings. The van der Waals surface area contributed by atoms with Gasteiger partial charge in [-0.15, -0.1) is 0 Å². The Bertz CT molecular complexity index is 1090. The maximum absolute atomic E-state index is 14.9. The van der Waals surface area contributed by atoms with E-state index >= 15 is 0 Å². The highest BCUT2D eigenvalue weighted by atomic mass is 19.1. The number of anilines is 2. The first-order chi connectivity index (χ1) is 17.2. The fraction of sp³-hybridized carbons (Fsp3) is 0.400. The largest absolute Gasteiger partial charge is 0.491 e. The molecule has 1 aliphatic heterocycles. The Morgan fingerprint density at radius 3 is 2.50 bits per heavy atom. The lowest BCUT2D eigenvalue weighted by Gasteiger charge is -2.26. The van der Waals surface area contributed by atoms with E-state index in [0.717, 1.165) is 0 Å². The molecule has 0 saturated carbocycles. The monoisotopic (exact) mass is 501 g/mol. The lowest BCUT2D eigenvalue weighted by atomic mass is 10.1. The van der Waals surface area contributed by atoms with Gasteiger partial charge >= 0.3 is 0 Å². The molecule has 194 valence electrons. The SMILES string of the molecule is COCCOc1cc(F)c2c(c1)N=CNC2Nc1ccc(NC(=O)CC(=O)NCC(C)(C)OC)cc1. The quantitative estimate of drug-likeness (QED) is 0.260. The molecule has 0 spiro atoms. The molecule has 1 heterocycles. The molecule has 0 bridgehead atoms. The van der Waals surface area contributed by atoms with Crippen LogP contribution in [0.15, 0.2) is 41.4 Å². The summed E-state index contributed by atoms with van der Waals surface area (Å²) >= 11 is 0. The molecule has 2 aromatic carbocycles. The van der Waals surface area contributed by atoms with Gasteiger partial charge in [-0.05, 0) is 38.1 Å². The Hall–Kier alpha value is -3.70. The summed E-state index contributed by atoms with van der Waals surface area (Å²) in [5, 5.41) is 11.6. The number of ether oxygens (including phenoxy) is 3. The average molecular weight is 502 g/mol. The number of methoxy groups -OCH3 is 2. The van der Waals surface area contributed by atoms with E-state index < -0.39 is 29.4 Å². The van der Waals surface area contributed by atoms with E-state index in [1.165, 1.54) is 12.4 Å². The van der Waals surface area contributed by atoms with Gasteiger partial charge in [-0.2, -0.15) is 0 Å². The third-order valence-electron chi connectivity index (χ3n) is 5.44. The predicted molar refractivity (Wildman–Crippen MR) is 135 cm³/mol. The summed E-state index contributed by atoms with van der Waals surface area (Å²) in [7, 11) is 3.12. The van der Waals surface area contributed by atoms with Gasteiger partial charge in [0.15, 0.2) is 0 Å². The third-order valence-corrected chi connectivity index (χ3v) is 5.44. The second-order valence-electron chi connectivity index (χ2n) is 8.72. The first-order valence-electron chi connectivity index (χ1n) is 11.4. The molecule has 4 N–H and O–H groups in total. The first kappa shape index (κ1) is 26.9. The van der Waals surface area contributed by atoms with Crippen LogP contribution < -0.4 is 26.0 Å². The van der Waals surface area contributed by atoms with Gasteiger partial charge in [0, 0.05) is 44.3 Å². The number of amides is 2. The maximum Gasteiger partial charge on any atom is 0.233 e. The number of rotatable bonds is 12. The molecule has 2 aromatic rings. The van der Waals surface area contributed by atoms with Crippen LogP contribution in [0.3, 0.4) is 0 Å². The van der Waals surface area contributed by atoms with Crippen molar-refractivity contribution in [2.75, 3.05) is 44.6 Å². The van der Waals surface area contributed by atoms with Crippen molar-refractivity contribution in [1.82, 2.24) is 10.6 Å². The molecule has 10 nitrogen and oxygen atoms in total. The smallest absolute Gasteiger partial charge is 0.233 e. The molecule has 1 unspecified atom stereocenters. The van der Waals surface area contributed by atoms with Gasteiger partial charge in [0.2, 0.25) is 11.8 Å². The van der Waals surface area contributed by atoms with Crippen molar-refractivity contribution in [3.05, 3.63) is 47.8 Å². The Balaban J connectivity index is 1.56. The van der Waals surface area contributed by atoms with Crippen molar-refractivity contribution in [2.45, 2.75) is 32.0 Å². The fourth-order valence-corrected chi connectivity index (χ4v) is 3.29. The Kier molecular flexibility index (Phi) is 9.20. The topological polar surface area (TPSA) is 122 Å². The molecule has 0 aromatic heterocycles. The van der Waals surface area contributed by atoms with Crippen LogP contribution in [0.1, 0.15) is 32.0 Å². The van der Waals surface area contributed by atoms with Crippen LogP contribution in [-0.2, 0) is 19.1 Å². The number of carbonyl (C=O) groups is 2. The van der Waals surface area contributed by atoms with Crippen LogP contribution in [0.2, 0.25) is 0 Å². The second-order valence-corrected chi connectivity index (χ2v) is 8.72. The van der Waals surface area contributed by atoms with E-state index in [4.69, 9.17) is 14.2 Å². The van der Waals surface area contributed by atoms with Crippen LogP contribution in [0, 0.1) is 5.82 Å². The lowest BCUT2D eigenvalue weighted by molar-refractivity contribution is -0.127. The van der Waals surface area contributed by atoms with E-state index in [-0.39, 0.29) is 6.42 Å². The number of carbonyl (C=O) groups excluding carboxylic acids is 2. The van der Waals surface area contributed by atoms with Gasteiger partial charge in [-0.25, -0.2) is 9.38 Å². The Morgan fingerprint density at radius 1 is 1.08 bits per heavy atom. The molecule has 1 atom stereocenters. The van der Waals surface area contributed by atoms with Crippen molar-refractivity contribution >= 4 is 35.2 Å². The highest BCUT2D eigenvalue weighted by Crippen LogP contribution is 2.35. The van der Waals surface area contributed by atoms with Crippen molar-refractivity contribution < 1.29 is 28.2 Å². The van der Waals surface area contributed by atoms with Crippen molar-refractivity contribution in [1.29, 1.82) is 0 Å². The van der Waals surface area contributed by atoms with Crippen LogP contribution in [0.25, 0.3) is 0 Å². The number of aliphatic imine (C=N–C) groups is 1. The zero-order valence-corrected chi connectivity index (χ0v) is 20.8. The summed E-state index contributed by atoms with van der Waals surface area (Å²) in [6, 6.07) is 9.84. The van der Waals surface area contributed by atoms with Crippen molar-refractivity contribution in [2.24, 2.45) is 4.99 Å². The number of hydrogen-bond acceptors (Lipinski definition) is 8. The van der Waals surface area contributed by atoms with E-state index in [2.05, 4.69) is 26.3 Å². The summed E-state index contributed by atoms with van der Waals surface area (Å²) in [6.07, 6.45) is 0.621. The number of nitrogens with one attached hydrogen (secondary N) is 4. The third kappa shape index (κ3) is 7.65. The van der Waals surface area contributed by atoms with Crippen LogP contribution in [0.5, 0.6) is 5.75 Å². The molecule has 2 amide bonds. The van der Waals surface area contributed by atoms with Crippen LogP contribution in [0.4, 0.5) is 21.5 Å². The lowest BCUT2D eigenvalue weighted by Crippen LogP contribution is -2.40. The average Bonchev–Trinajstić information content (AvgIpc) is 2.84. The highest BCUT2D eigenvalue weighted by molar-refractivity contribution is 6.03. The summed E-state index contributed by atoms with van der Waals surface area (Å²) in [5.41, 5.74) is 1.51. The molecular weight excluding hydrogens is 469 g/mol. The molecular formula is C25H32FN5O5. The van der Waals surface area contributed by atoms with Crippen molar-refractivity contribution in [3.63, 3.8) is 0 Å². The molecule has 0 radical (unpaired) electrons. The Morgan fingerprint density at radius 2 is 1.81 bits per heavy atom. The molecule has 3 rings (SSSR count). The Labute approximate surface area is 209 Å². The highest BCUT2D eigenvalue weighted by Gasteiger charge is 2.23. The standard InChI is InChI=1S/C25H32FN5O5/c1-25(2,35-4)14-27-21(32)13-22(33)30-16-5-7-17(8-6-16)31-24-23-19(26)11-18(36-10-9-34-3)12-20(23)28-15-29-24/h5-8,11-12,15,24,31H,9-10,13-14H2,1-4H3,(H,27,32)(H,28,29)(H,30,33). The zero-order valence-electron chi connectivity index (χ0n) is 20.8. The van der Waals surface area contributed by atoms with Gasteiger partial charge < -0.3 is 35.5 Å². The number of nitrogens with zero attached hydrogens (tertiary/aromatic N) is 1. The normalized spacial score (nSPS) is 14.4. The van der Waals surface area contributed by atoms with Crippen LogP contribution >= 0.6 is 0 Å². The van der Waals surface area contributed by atoms with Gasteiger partial charge in [0.25, 0.3) is 0 Å². The number of fused-ring (bicyclic) bond motifs is 1. The van der Waals surface area contributed by atoms with Gasteiger partial charge in [0.05, 0.1) is 29.8 Å². The molecule has 11 heteroatoms. The maximum atomic E-state index is 14.9. The van der Waals surface area contributed by atoms with Crippen molar-refractivity contribution in [3.8, 4) is 5.75 Å². The van der Waals surface area contributed by atoms with Gasteiger partial charge in [-0.1, -0.05) is 0 Å². The summed E-state index contributed by atoms with van der Waals surface area (Å²) in [6.45, 7) is 4.66. The van der Waals surface area contributed by atoms with Gasteiger partial charge in [0.1, 0.15) is 30.8 Å². The van der Waals surface area contributed by atoms with Crippen LogP contribution in [-0.4, -0.2) is 57.7 Å². The zero-order chi connectivity index (χ0) is 26.1. The summed E-state index contributed by atoms with van der Waals surface area (Å²) < 4.78 is 30.6. The van der Waals surface area contributed by atoms with E-state index in [1.54, 1.807) is 44.6 Å². The predicted octanol–water partition coefficient (Wildman–Crippen LogP) is 3.09. The van der Waals surface area contributed by atoms with E-state index in [1.807, 2.05) is 13.8 Å². The molecule has 0 aliphatic carbocycles. The summed E-state index contributed by atoms with van der Waals surface area (Å²) in [5.74, 6) is -0.919. The minimum Gasteiger partial charge on any atom is -0.491 e. The summed E-state index contributed by atoms with van der Waals surface area (Å²) in [4.78, 5) is 28.4. The number of hydrogen-bond donors (Lipinski definition) is 4. The number of benzene rings is 2. The minimum atomic E-state index is -0.564. The minimum absolute atomic E-state index is 0.293. The molecule has 0 saturated heterocycles. The molecule has 0 fully saturated rings. The number of halogens is 1. The van der Waals surface area contributed by atoms with E-state index in [9.17, 15) is 14.0 Å². The van der Waals surface area contributed by atoms with E-state index in [0.29, 0.717) is 48.1 Å². The van der Waals surface area contributed by atoms with Gasteiger partial charge in [-0.3, -0.25) is 9.59 Å². The molecule has 36 heavy (non-hydrogen) atoms. The first-order valence-corrected chi connectivity index (χ1v) is 11.4. The second kappa shape index (κ2) is 12.3. The fourth-order valence-electron chi connectivity index (χ4n) is 3.29.